The predicted octanol–water partition coefficient (Wildman–Crippen LogP) is 4.90. The second-order valence-electron chi connectivity index (χ2n) is 8.05. The number of nitrogens with one attached hydrogen (secondary N) is 1. The quantitative estimate of drug-likeness (QED) is 0.232. The molecule has 3 aromatic rings. The lowest BCUT2D eigenvalue weighted by Crippen LogP contribution is -2.54. The number of hydrogen-bond donors (Lipinski definition) is 1. The number of carbonyl (C=O) groups is 2. The molecule has 1 aliphatic heterocycles. The van der Waals surface area contributed by atoms with Crippen molar-refractivity contribution in [1.82, 2.24) is 14.8 Å². The van der Waals surface area contributed by atoms with Gasteiger partial charge in [0.25, 0.3) is 11.8 Å². The second kappa shape index (κ2) is 9.92. The lowest BCUT2D eigenvalue weighted by molar-refractivity contribution is -0.128. The van der Waals surface area contributed by atoms with Crippen LogP contribution in [-0.2, 0) is 16.1 Å². The first kappa shape index (κ1) is 22.0. The van der Waals surface area contributed by atoms with Crippen molar-refractivity contribution in [2.45, 2.75) is 39.2 Å². The van der Waals surface area contributed by atoms with Gasteiger partial charge in [-0.15, -0.1) is 0 Å². The van der Waals surface area contributed by atoms with Gasteiger partial charge in [-0.05, 0) is 36.3 Å². The van der Waals surface area contributed by atoms with Crippen LogP contribution in [0, 0.1) is 0 Å². The van der Waals surface area contributed by atoms with Gasteiger partial charge in [0.15, 0.2) is 5.11 Å². The van der Waals surface area contributed by atoms with E-state index in [9.17, 15) is 9.59 Å². The third-order valence-corrected chi connectivity index (χ3v) is 6.06. The van der Waals surface area contributed by atoms with Gasteiger partial charge in [0.05, 0.1) is 0 Å². The number of aromatic nitrogens is 1. The molecule has 0 radical (unpaired) electrons. The fourth-order valence-electron chi connectivity index (χ4n) is 4.05. The molecule has 1 aliphatic rings. The minimum Gasteiger partial charge on any atom is -0.342 e. The molecule has 32 heavy (non-hydrogen) atoms. The van der Waals surface area contributed by atoms with Crippen LogP contribution in [0.1, 0.15) is 43.7 Å². The molecule has 0 atom stereocenters. The topological polar surface area (TPSA) is 54.3 Å². The van der Waals surface area contributed by atoms with Gasteiger partial charge in [-0.1, -0.05) is 74.7 Å². The standard InChI is InChI=1S/C26H27N3O2S/c1-2-3-4-10-15-29-25(31)22(24(30)27-26(29)32)16-20-18-28(17-19-11-6-5-7-12-19)23-14-9-8-13-21(20)23/h5-9,11-14,16,18H,2-4,10,15,17H2,1H3,(H,27,30,32)/b22-16+. The molecule has 1 aromatic heterocycles. The molecule has 0 unspecified atom stereocenters. The summed E-state index contributed by atoms with van der Waals surface area (Å²) in [4.78, 5) is 27.3. The number of thiocarbonyl (C=S) groups is 1. The second-order valence-corrected chi connectivity index (χ2v) is 8.44. The van der Waals surface area contributed by atoms with Crippen LogP contribution in [-0.4, -0.2) is 32.9 Å². The van der Waals surface area contributed by atoms with Gasteiger partial charge in [-0.25, -0.2) is 0 Å². The Labute approximate surface area is 193 Å². The Kier molecular flexibility index (Phi) is 6.81. The van der Waals surface area contributed by atoms with Crippen LogP contribution in [0.4, 0.5) is 0 Å². The first-order valence-corrected chi connectivity index (χ1v) is 11.5. The summed E-state index contributed by atoms with van der Waals surface area (Å²) in [7, 11) is 0. The molecule has 0 spiro atoms. The average molecular weight is 446 g/mol. The number of para-hydroxylation sites is 1. The summed E-state index contributed by atoms with van der Waals surface area (Å²) in [5.74, 6) is -0.764. The number of unbranched alkanes of at least 4 members (excludes halogenated alkanes) is 3. The fraction of sp³-hybridized carbons (Fsp3) is 0.269. The Hall–Kier alpha value is -3.25. The summed E-state index contributed by atoms with van der Waals surface area (Å²) >= 11 is 5.27. The molecule has 4 rings (SSSR count). The highest BCUT2D eigenvalue weighted by Gasteiger charge is 2.33. The summed E-state index contributed by atoms with van der Waals surface area (Å²) in [6.07, 6.45) is 7.83. The summed E-state index contributed by atoms with van der Waals surface area (Å²) < 4.78 is 2.15. The maximum Gasteiger partial charge on any atom is 0.265 e. The molecule has 0 bridgehead atoms. The van der Waals surface area contributed by atoms with E-state index in [1.54, 1.807) is 6.08 Å². The van der Waals surface area contributed by atoms with Gasteiger partial charge in [0, 0.05) is 35.8 Å². The summed E-state index contributed by atoms with van der Waals surface area (Å²) in [5, 5.41) is 3.88. The van der Waals surface area contributed by atoms with Crippen molar-refractivity contribution >= 4 is 46.1 Å². The molecule has 2 amide bonds. The lowest BCUT2D eigenvalue weighted by atomic mass is 10.1. The monoisotopic (exact) mass is 445 g/mol. The third kappa shape index (κ3) is 4.65. The number of fused-ring (bicyclic) bond motifs is 1. The van der Waals surface area contributed by atoms with Gasteiger partial charge >= 0.3 is 0 Å². The van der Waals surface area contributed by atoms with E-state index in [1.165, 1.54) is 10.5 Å². The average Bonchev–Trinajstić information content (AvgIpc) is 3.14. The number of rotatable bonds is 8. The Balaban J connectivity index is 1.66. The van der Waals surface area contributed by atoms with E-state index in [1.807, 2.05) is 42.6 Å². The Morgan fingerprint density at radius 2 is 1.72 bits per heavy atom. The van der Waals surface area contributed by atoms with Crippen molar-refractivity contribution in [2.75, 3.05) is 6.54 Å². The van der Waals surface area contributed by atoms with Gasteiger partial charge in [-0.2, -0.15) is 0 Å². The fourth-order valence-corrected chi connectivity index (χ4v) is 4.32. The third-order valence-electron chi connectivity index (χ3n) is 5.74. The van der Waals surface area contributed by atoms with E-state index in [2.05, 4.69) is 35.0 Å². The molecule has 164 valence electrons. The van der Waals surface area contributed by atoms with E-state index < -0.39 is 5.91 Å². The van der Waals surface area contributed by atoms with Crippen molar-refractivity contribution in [3.63, 3.8) is 0 Å². The first-order chi connectivity index (χ1) is 15.6. The van der Waals surface area contributed by atoms with Crippen LogP contribution >= 0.6 is 12.2 Å². The highest BCUT2D eigenvalue weighted by Crippen LogP contribution is 2.26. The molecule has 1 N–H and O–H groups in total. The zero-order valence-corrected chi connectivity index (χ0v) is 19.0. The van der Waals surface area contributed by atoms with Crippen molar-refractivity contribution in [1.29, 1.82) is 0 Å². The van der Waals surface area contributed by atoms with Crippen molar-refractivity contribution < 1.29 is 9.59 Å². The van der Waals surface area contributed by atoms with Crippen LogP contribution < -0.4 is 5.32 Å². The Morgan fingerprint density at radius 1 is 0.969 bits per heavy atom. The van der Waals surface area contributed by atoms with Gasteiger partial charge < -0.3 is 4.57 Å². The largest absolute Gasteiger partial charge is 0.342 e. The highest BCUT2D eigenvalue weighted by molar-refractivity contribution is 7.80. The van der Waals surface area contributed by atoms with Crippen LogP contribution in [0.2, 0.25) is 0 Å². The zero-order chi connectivity index (χ0) is 22.5. The van der Waals surface area contributed by atoms with Crippen LogP contribution in [0.15, 0.2) is 66.4 Å². The molecule has 1 fully saturated rings. The summed E-state index contributed by atoms with van der Waals surface area (Å²) in [6.45, 7) is 3.37. The van der Waals surface area contributed by atoms with Crippen LogP contribution in [0.3, 0.4) is 0 Å². The Bertz CT molecular complexity index is 1180. The molecule has 5 nitrogen and oxygen atoms in total. The molecule has 0 aliphatic carbocycles. The van der Waals surface area contributed by atoms with Crippen LogP contribution in [0.5, 0.6) is 0 Å². The summed E-state index contributed by atoms with van der Waals surface area (Å²) in [6, 6.07) is 18.2. The van der Waals surface area contributed by atoms with Gasteiger partial charge in [0.2, 0.25) is 0 Å². The summed E-state index contributed by atoms with van der Waals surface area (Å²) in [5.41, 5.74) is 3.20. The maximum absolute atomic E-state index is 13.2. The molecule has 2 heterocycles. The SMILES string of the molecule is CCCCCCN1C(=O)/C(=C/c2cn(Cc3ccccc3)c3ccccc23)C(=O)NC1=S. The molecule has 1 saturated heterocycles. The van der Waals surface area contributed by atoms with E-state index in [0.717, 1.165) is 42.1 Å². The predicted molar refractivity (Wildman–Crippen MR) is 132 cm³/mol. The maximum atomic E-state index is 13.2. The molecule has 6 heteroatoms. The van der Waals surface area contributed by atoms with Gasteiger partial charge in [-0.3, -0.25) is 19.8 Å². The van der Waals surface area contributed by atoms with Crippen molar-refractivity contribution in [3.8, 4) is 0 Å². The van der Waals surface area contributed by atoms with Crippen molar-refractivity contribution in [3.05, 3.63) is 77.5 Å². The minimum atomic E-state index is -0.440. The smallest absolute Gasteiger partial charge is 0.265 e. The number of carbonyl (C=O) groups excluding carboxylic acids is 2. The molecule has 2 aromatic carbocycles. The highest BCUT2D eigenvalue weighted by atomic mass is 32.1. The zero-order valence-electron chi connectivity index (χ0n) is 18.2. The molecular weight excluding hydrogens is 418 g/mol. The number of hydrogen-bond acceptors (Lipinski definition) is 3. The van der Waals surface area contributed by atoms with E-state index >= 15 is 0 Å². The molecule has 0 saturated carbocycles. The first-order valence-electron chi connectivity index (χ1n) is 11.1. The lowest BCUT2D eigenvalue weighted by Gasteiger charge is -2.28. The van der Waals surface area contributed by atoms with E-state index in [-0.39, 0.29) is 16.6 Å². The van der Waals surface area contributed by atoms with Crippen molar-refractivity contribution in [2.24, 2.45) is 0 Å². The van der Waals surface area contributed by atoms with E-state index in [4.69, 9.17) is 12.2 Å². The van der Waals surface area contributed by atoms with E-state index in [0.29, 0.717) is 13.1 Å². The number of amides is 2. The minimum absolute atomic E-state index is 0.122. The normalized spacial score (nSPS) is 15.6. The molecular formula is C26H27N3O2S. The van der Waals surface area contributed by atoms with Crippen LogP contribution in [0.25, 0.3) is 17.0 Å². The van der Waals surface area contributed by atoms with Gasteiger partial charge in [0.1, 0.15) is 5.57 Å². The Morgan fingerprint density at radius 3 is 2.50 bits per heavy atom. The number of benzene rings is 2. The number of nitrogens with zero attached hydrogens (tertiary/aromatic N) is 2.